The molecule has 60 heavy (non-hydrogen) atoms. The zero-order valence-electron chi connectivity index (χ0n) is 35.8. The van der Waals surface area contributed by atoms with Gasteiger partial charge >= 0.3 is 0 Å². The molecule has 0 bridgehead atoms. The summed E-state index contributed by atoms with van der Waals surface area (Å²) >= 11 is 0. The highest BCUT2D eigenvalue weighted by Crippen LogP contribution is 2.23. The summed E-state index contributed by atoms with van der Waals surface area (Å²) in [5.74, 6) is -8.54. The second-order valence-electron chi connectivity index (χ2n) is 15.9. The van der Waals surface area contributed by atoms with Crippen LogP contribution in [0.5, 0.6) is 0 Å². The molecule has 0 aliphatic heterocycles. The monoisotopic (exact) mass is 832 g/mol. The maximum atomic E-state index is 13.6. The van der Waals surface area contributed by atoms with Crippen LogP contribution >= 0.6 is 0 Å². The van der Waals surface area contributed by atoms with E-state index in [4.69, 9.17) is 11.5 Å². The summed E-state index contributed by atoms with van der Waals surface area (Å²) < 4.78 is 0. The number of rotatable bonds is 30. The Morgan fingerprint density at radius 2 is 1.28 bits per heavy atom. The Morgan fingerprint density at radius 1 is 0.683 bits per heavy atom. The summed E-state index contributed by atoms with van der Waals surface area (Å²) in [4.78, 5) is 114. The minimum Gasteiger partial charge on any atom is -0.391 e. The number of hydrogen-bond acceptors (Lipinski definition) is 11. The van der Waals surface area contributed by atoms with Crippen LogP contribution in [-0.4, -0.2) is 82.3 Å². The predicted molar refractivity (Wildman–Crippen MR) is 227 cm³/mol. The van der Waals surface area contributed by atoms with Crippen molar-refractivity contribution in [2.75, 3.05) is 6.54 Å². The van der Waals surface area contributed by atoms with Crippen LogP contribution in [0.2, 0.25) is 0 Å². The molecule has 0 saturated heterocycles. The fraction of sp³-hybridized carbons (Fsp3) is 0.543. The van der Waals surface area contributed by atoms with E-state index in [1.807, 2.05) is 12.1 Å². The Hall–Kier alpha value is -5.21. The van der Waals surface area contributed by atoms with Crippen LogP contribution in [0, 0.1) is 17.8 Å². The number of carbonyl (C=O) groups is 9. The van der Waals surface area contributed by atoms with Crippen molar-refractivity contribution in [1.29, 1.82) is 0 Å². The highest BCUT2D eigenvalue weighted by Gasteiger charge is 2.33. The molecule has 6 atom stereocenters. The number of Topliss-reactive ketones (excluding diaryl/α,β-unsaturated/α-hetero) is 6. The van der Waals surface area contributed by atoms with Gasteiger partial charge in [0.1, 0.15) is 11.8 Å². The van der Waals surface area contributed by atoms with Gasteiger partial charge in [0.05, 0.1) is 18.6 Å². The van der Waals surface area contributed by atoms with Crippen molar-refractivity contribution in [2.24, 2.45) is 29.2 Å². The number of nitrogens with one attached hydrogen (secondary N) is 2. The molecule has 2 rings (SSSR count). The van der Waals surface area contributed by atoms with Crippen molar-refractivity contribution in [3.63, 3.8) is 0 Å². The number of aliphatic hydroxyl groups is 1. The van der Waals surface area contributed by atoms with Gasteiger partial charge in [0, 0.05) is 62.3 Å². The SMILES string of the molecule is CCCCc1ccc(-c2ccc(C(=O)CCCC(=O)C[C@@H](CCCCN)C(=O)N[C@H](C(=O)C[C@@H](C)C(=O)N[C@@H](CC(N)=O)C(=O)CC(C)C(=O)C(C)=O)C(C)O)cc2)cc1. The molecule has 0 aliphatic rings. The lowest BCUT2D eigenvalue weighted by Gasteiger charge is -2.25. The van der Waals surface area contributed by atoms with Gasteiger partial charge in [-0.25, -0.2) is 0 Å². The fourth-order valence-corrected chi connectivity index (χ4v) is 6.83. The van der Waals surface area contributed by atoms with E-state index in [2.05, 4.69) is 41.8 Å². The zero-order chi connectivity index (χ0) is 44.9. The molecule has 0 saturated carbocycles. The van der Waals surface area contributed by atoms with Gasteiger partial charge in [0.15, 0.2) is 23.1 Å². The highest BCUT2D eigenvalue weighted by molar-refractivity contribution is 6.37. The molecule has 0 radical (unpaired) electrons. The minimum absolute atomic E-state index is 0.0610. The molecular weight excluding hydrogens is 769 g/mol. The van der Waals surface area contributed by atoms with Crippen LogP contribution in [0.25, 0.3) is 11.1 Å². The first kappa shape index (κ1) is 50.9. The van der Waals surface area contributed by atoms with E-state index in [0.717, 1.165) is 37.3 Å². The summed E-state index contributed by atoms with van der Waals surface area (Å²) in [6.45, 7) is 7.64. The van der Waals surface area contributed by atoms with Gasteiger partial charge in [0.2, 0.25) is 23.5 Å². The van der Waals surface area contributed by atoms with Gasteiger partial charge in [0.25, 0.3) is 0 Å². The number of amides is 3. The lowest BCUT2D eigenvalue weighted by Crippen LogP contribution is -2.51. The number of nitrogens with two attached hydrogens (primary N) is 2. The van der Waals surface area contributed by atoms with Crippen molar-refractivity contribution in [2.45, 2.75) is 136 Å². The molecule has 0 heterocycles. The Morgan fingerprint density at radius 3 is 1.83 bits per heavy atom. The van der Waals surface area contributed by atoms with Gasteiger partial charge in [-0.3, -0.25) is 43.2 Å². The van der Waals surface area contributed by atoms with Gasteiger partial charge in [-0.05, 0) is 62.3 Å². The Bertz CT molecular complexity index is 1810. The smallest absolute Gasteiger partial charge is 0.224 e. The largest absolute Gasteiger partial charge is 0.391 e. The molecule has 2 aromatic carbocycles. The van der Waals surface area contributed by atoms with E-state index in [1.165, 1.54) is 26.3 Å². The van der Waals surface area contributed by atoms with E-state index >= 15 is 0 Å². The lowest BCUT2D eigenvalue weighted by molar-refractivity contribution is -0.139. The number of aliphatic hydroxyl groups excluding tert-OH is 1. The number of benzene rings is 2. The van der Waals surface area contributed by atoms with Gasteiger partial charge < -0.3 is 27.2 Å². The normalized spacial score (nSPS) is 14.1. The second kappa shape index (κ2) is 26.1. The summed E-state index contributed by atoms with van der Waals surface area (Å²) in [6.07, 6.45) is 2.18. The van der Waals surface area contributed by atoms with E-state index in [-0.39, 0.29) is 43.7 Å². The van der Waals surface area contributed by atoms with Crippen LogP contribution < -0.4 is 22.1 Å². The maximum Gasteiger partial charge on any atom is 0.224 e. The van der Waals surface area contributed by atoms with E-state index in [9.17, 15) is 48.3 Å². The Balaban J connectivity index is 2.00. The third-order valence-electron chi connectivity index (χ3n) is 10.5. The first-order valence-corrected chi connectivity index (χ1v) is 21.0. The summed E-state index contributed by atoms with van der Waals surface area (Å²) in [7, 11) is 0. The number of ketones is 6. The molecule has 2 unspecified atom stereocenters. The summed E-state index contributed by atoms with van der Waals surface area (Å²) in [6, 6.07) is 12.9. The van der Waals surface area contributed by atoms with Crippen molar-refractivity contribution in [1.82, 2.24) is 10.6 Å². The average molecular weight is 833 g/mol. The van der Waals surface area contributed by atoms with Crippen LogP contribution in [0.15, 0.2) is 48.5 Å². The molecule has 0 aliphatic carbocycles. The van der Waals surface area contributed by atoms with Crippen molar-refractivity contribution in [3.8, 4) is 11.1 Å². The fourth-order valence-electron chi connectivity index (χ4n) is 6.83. The molecule has 7 N–H and O–H groups in total. The van der Waals surface area contributed by atoms with Gasteiger partial charge in [-0.2, -0.15) is 0 Å². The molecule has 14 nitrogen and oxygen atoms in total. The zero-order valence-corrected chi connectivity index (χ0v) is 35.8. The first-order chi connectivity index (χ1) is 28.4. The van der Waals surface area contributed by atoms with Crippen molar-refractivity contribution in [3.05, 3.63) is 59.7 Å². The lowest BCUT2D eigenvalue weighted by atomic mass is 9.91. The Kier molecular flexibility index (Phi) is 22.2. The maximum absolute atomic E-state index is 13.6. The minimum atomic E-state index is -1.43. The standard InChI is InChI=1S/C46H64N4O10/c1-6-7-11-32-15-17-33(18-16-32)34-19-21-35(22-20-34)39(54)14-10-13-37(53)26-36(12-8-9-23-47)46(60)50-43(30(4)51)41(56)25-29(3)45(59)49-38(27-42(48)57)40(55)24-28(2)44(58)31(5)52/h15-22,28-30,36,38,43,51H,6-14,23-27,47H2,1-5H3,(H2,48,57)(H,49,59)(H,50,60)/t28?,29-,30?,36-,38+,43+/m1/s1. The third-order valence-corrected chi connectivity index (χ3v) is 10.5. The molecule has 328 valence electrons. The summed E-state index contributed by atoms with van der Waals surface area (Å²) in [5.41, 5.74) is 14.8. The number of carbonyl (C=O) groups excluding carboxylic acids is 9. The molecular formula is C46H64N4O10. The number of unbranched alkanes of at least 4 members (excludes halogenated alkanes) is 2. The van der Waals surface area contributed by atoms with Crippen LogP contribution in [0.4, 0.5) is 0 Å². The van der Waals surface area contributed by atoms with Crippen LogP contribution in [0.1, 0.15) is 128 Å². The number of aryl methyl sites for hydroxylation is 1. The van der Waals surface area contributed by atoms with Gasteiger partial charge in [-0.1, -0.05) is 82.1 Å². The predicted octanol–water partition coefficient (Wildman–Crippen LogP) is 4.33. The number of primary amides is 1. The molecule has 0 fully saturated rings. The second-order valence-corrected chi connectivity index (χ2v) is 15.9. The highest BCUT2D eigenvalue weighted by atomic mass is 16.3. The average Bonchev–Trinajstić information content (AvgIpc) is 3.20. The molecule has 2 aromatic rings. The van der Waals surface area contributed by atoms with Gasteiger partial charge in [-0.15, -0.1) is 0 Å². The third kappa shape index (κ3) is 17.6. The van der Waals surface area contributed by atoms with Crippen molar-refractivity contribution >= 4 is 52.4 Å². The van der Waals surface area contributed by atoms with Crippen LogP contribution in [0.3, 0.4) is 0 Å². The molecule has 3 amide bonds. The van der Waals surface area contributed by atoms with Crippen LogP contribution in [-0.2, 0) is 44.8 Å². The quantitative estimate of drug-likeness (QED) is 0.0421. The summed E-state index contributed by atoms with van der Waals surface area (Å²) in [5, 5.41) is 15.5. The van der Waals surface area contributed by atoms with E-state index in [0.29, 0.717) is 24.9 Å². The van der Waals surface area contributed by atoms with E-state index < -0.39 is 96.1 Å². The molecule has 14 heteroatoms. The molecule has 0 aromatic heterocycles. The van der Waals surface area contributed by atoms with E-state index in [1.54, 1.807) is 12.1 Å². The van der Waals surface area contributed by atoms with Crippen molar-refractivity contribution < 1.29 is 48.3 Å². The first-order valence-electron chi connectivity index (χ1n) is 21.0. The Labute approximate surface area is 353 Å². The number of hydrogen-bond donors (Lipinski definition) is 5. The topological polar surface area (TPSA) is 250 Å². The molecule has 0 spiro atoms.